The molecule has 64 valence electrons. The number of guanidine groups is 1. The first-order valence-corrected chi connectivity index (χ1v) is 4.05. The first-order valence-electron chi connectivity index (χ1n) is 4.05. The van der Waals surface area contributed by atoms with E-state index in [1.165, 1.54) is 11.1 Å². The number of hydrogen-bond acceptors (Lipinski definition) is 3. The third-order valence-corrected chi connectivity index (χ3v) is 2.74. The van der Waals surface area contributed by atoms with Crippen molar-refractivity contribution in [3.05, 3.63) is 23.4 Å². The normalized spacial score (nSPS) is 33.5. The first-order chi connectivity index (χ1) is 5.56. The largest absolute Gasteiger partial charge is 0.370 e. The summed E-state index contributed by atoms with van der Waals surface area (Å²) in [5.74, 6) is 0.511. The fraction of sp³-hybridized carbons (Fsp3) is 0.444. The third-order valence-electron chi connectivity index (χ3n) is 2.74. The summed E-state index contributed by atoms with van der Waals surface area (Å²) in [4.78, 5) is 4.36. The molecule has 1 fully saturated rings. The molecule has 3 heteroatoms. The molecule has 1 saturated carbocycles. The highest BCUT2D eigenvalue weighted by Gasteiger charge is 2.51. The molecule has 3 N–H and O–H groups in total. The summed E-state index contributed by atoms with van der Waals surface area (Å²) >= 11 is 0. The summed E-state index contributed by atoms with van der Waals surface area (Å²) in [5.41, 5.74) is 9.04. The Labute approximate surface area is 72.1 Å². The lowest BCUT2D eigenvalue weighted by atomic mass is 10.0. The molecule has 1 aliphatic carbocycles. The van der Waals surface area contributed by atoms with Crippen LogP contribution in [0.15, 0.2) is 28.4 Å². The van der Waals surface area contributed by atoms with Crippen molar-refractivity contribution in [2.24, 2.45) is 10.7 Å². The van der Waals surface area contributed by atoms with Crippen molar-refractivity contribution in [3.8, 4) is 0 Å². The third kappa shape index (κ3) is 0.734. The summed E-state index contributed by atoms with van der Waals surface area (Å²) in [7, 11) is 0. The van der Waals surface area contributed by atoms with E-state index in [0.717, 1.165) is 12.1 Å². The molecule has 1 heterocycles. The van der Waals surface area contributed by atoms with E-state index in [1.807, 2.05) is 6.92 Å². The average Bonchev–Trinajstić information content (AvgIpc) is 2.58. The molecule has 0 amide bonds. The van der Waals surface area contributed by atoms with E-state index in [9.17, 15) is 0 Å². The highest BCUT2D eigenvalue weighted by molar-refractivity contribution is 5.84. The van der Waals surface area contributed by atoms with E-state index >= 15 is 0 Å². The van der Waals surface area contributed by atoms with Crippen LogP contribution in [0.1, 0.15) is 20.3 Å². The van der Waals surface area contributed by atoms with Crippen LogP contribution in [0.5, 0.6) is 0 Å². The topological polar surface area (TPSA) is 50.4 Å². The number of hydrogen-bond donors (Lipinski definition) is 2. The smallest absolute Gasteiger partial charge is 0.194 e. The number of allylic oxidation sites excluding steroid dienone is 1. The highest BCUT2D eigenvalue weighted by atomic mass is 15.2. The van der Waals surface area contributed by atoms with Crippen molar-refractivity contribution in [2.45, 2.75) is 25.8 Å². The van der Waals surface area contributed by atoms with E-state index in [2.05, 4.69) is 23.8 Å². The molecule has 0 aromatic heterocycles. The Morgan fingerprint density at radius 3 is 2.67 bits per heavy atom. The van der Waals surface area contributed by atoms with Gasteiger partial charge in [-0.2, -0.15) is 0 Å². The van der Waals surface area contributed by atoms with Gasteiger partial charge in [-0.1, -0.05) is 6.58 Å². The lowest BCUT2D eigenvalue weighted by molar-refractivity contribution is 0.759. The minimum Gasteiger partial charge on any atom is -0.370 e. The van der Waals surface area contributed by atoms with E-state index in [-0.39, 0.29) is 5.54 Å². The van der Waals surface area contributed by atoms with Gasteiger partial charge in [0, 0.05) is 12.1 Å². The van der Waals surface area contributed by atoms with Crippen molar-refractivity contribution in [1.29, 1.82) is 0 Å². The summed E-state index contributed by atoms with van der Waals surface area (Å²) in [5, 5.41) is 3.01. The fourth-order valence-corrected chi connectivity index (χ4v) is 1.69. The molecule has 0 aromatic carbocycles. The number of aliphatic imine (C=N–C) groups is 1. The van der Waals surface area contributed by atoms with Crippen LogP contribution in [0.25, 0.3) is 0 Å². The Hall–Kier alpha value is -1.25. The van der Waals surface area contributed by atoms with Gasteiger partial charge in [0.1, 0.15) is 5.54 Å². The Balaban J connectivity index is 2.46. The number of nitrogens with one attached hydrogen (secondary N) is 1. The highest BCUT2D eigenvalue weighted by Crippen LogP contribution is 2.52. The average molecular weight is 163 g/mol. The van der Waals surface area contributed by atoms with Crippen LogP contribution in [0.4, 0.5) is 0 Å². The quantitative estimate of drug-likeness (QED) is 0.521. The maximum Gasteiger partial charge on any atom is 0.194 e. The van der Waals surface area contributed by atoms with E-state index in [1.54, 1.807) is 0 Å². The van der Waals surface area contributed by atoms with E-state index in [0.29, 0.717) is 5.96 Å². The molecule has 12 heavy (non-hydrogen) atoms. The van der Waals surface area contributed by atoms with Gasteiger partial charge in [-0.3, -0.25) is 0 Å². The maximum atomic E-state index is 5.63. The van der Waals surface area contributed by atoms with Crippen LogP contribution in [0, 0.1) is 0 Å². The summed E-state index contributed by atoms with van der Waals surface area (Å²) in [6, 6.07) is 0. The van der Waals surface area contributed by atoms with Crippen molar-refractivity contribution >= 4 is 5.96 Å². The van der Waals surface area contributed by atoms with Crippen molar-refractivity contribution < 1.29 is 0 Å². The SMILES string of the molecule is C=C1CC12N=C(N)NC(C)=C2C. The van der Waals surface area contributed by atoms with Crippen LogP contribution in [-0.4, -0.2) is 11.5 Å². The molecule has 1 atom stereocenters. The molecule has 1 aliphatic heterocycles. The zero-order valence-corrected chi connectivity index (χ0v) is 7.44. The molecule has 0 aromatic rings. The first kappa shape index (κ1) is 7.40. The molecule has 3 nitrogen and oxygen atoms in total. The molecule has 0 bridgehead atoms. The maximum absolute atomic E-state index is 5.63. The standard InChI is InChI=1S/C9H13N3/c1-5-4-9(5)6(2)7(3)11-8(10)12-9/h1,4H2,2-3H3,(H3,10,11,12). The van der Waals surface area contributed by atoms with E-state index in [4.69, 9.17) is 5.73 Å². The zero-order chi connectivity index (χ0) is 8.93. The fourth-order valence-electron chi connectivity index (χ4n) is 1.69. The molecular formula is C9H13N3. The van der Waals surface area contributed by atoms with Crippen molar-refractivity contribution in [1.82, 2.24) is 5.32 Å². The Morgan fingerprint density at radius 1 is 1.58 bits per heavy atom. The van der Waals surface area contributed by atoms with Gasteiger partial charge in [0.15, 0.2) is 5.96 Å². The Bertz CT molecular complexity index is 325. The second kappa shape index (κ2) is 1.91. The summed E-state index contributed by atoms with van der Waals surface area (Å²) in [6.07, 6.45) is 0.957. The Morgan fingerprint density at radius 2 is 2.17 bits per heavy atom. The lowest BCUT2D eigenvalue weighted by Gasteiger charge is -2.22. The number of nitrogens with two attached hydrogens (primary N) is 1. The molecule has 0 radical (unpaired) electrons. The van der Waals surface area contributed by atoms with Gasteiger partial charge in [0.05, 0.1) is 0 Å². The van der Waals surface area contributed by atoms with Crippen LogP contribution in [0.2, 0.25) is 0 Å². The van der Waals surface area contributed by atoms with Gasteiger partial charge in [0.25, 0.3) is 0 Å². The van der Waals surface area contributed by atoms with Gasteiger partial charge >= 0.3 is 0 Å². The van der Waals surface area contributed by atoms with Gasteiger partial charge in [-0.15, -0.1) is 0 Å². The predicted octanol–water partition coefficient (Wildman–Crippen LogP) is 0.897. The van der Waals surface area contributed by atoms with Crippen molar-refractivity contribution in [3.63, 3.8) is 0 Å². The van der Waals surface area contributed by atoms with Gasteiger partial charge in [-0.25, -0.2) is 4.99 Å². The van der Waals surface area contributed by atoms with Crippen LogP contribution >= 0.6 is 0 Å². The molecular weight excluding hydrogens is 150 g/mol. The van der Waals surface area contributed by atoms with Gasteiger partial charge in [0.2, 0.25) is 0 Å². The van der Waals surface area contributed by atoms with Gasteiger partial charge in [-0.05, 0) is 25.0 Å². The lowest BCUT2D eigenvalue weighted by Crippen LogP contribution is -2.37. The van der Waals surface area contributed by atoms with Gasteiger partial charge < -0.3 is 11.1 Å². The number of rotatable bonds is 0. The van der Waals surface area contributed by atoms with Crippen molar-refractivity contribution in [2.75, 3.05) is 0 Å². The van der Waals surface area contributed by atoms with E-state index < -0.39 is 0 Å². The summed E-state index contributed by atoms with van der Waals surface area (Å²) in [6.45, 7) is 8.04. The van der Waals surface area contributed by atoms with Crippen LogP contribution < -0.4 is 11.1 Å². The molecule has 0 saturated heterocycles. The predicted molar refractivity (Wildman–Crippen MR) is 49.6 cm³/mol. The molecule has 1 spiro atoms. The molecule has 1 unspecified atom stereocenters. The van der Waals surface area contributed by atoms with Crippen LogP contribution in [0.3, 0.4) is 0 Å². The Kier molecular flexibility index (Phi) is 1.18. The monoisotopic (exact) mass is 163 g/mol. The minimum atomic E-state index is -0.126. The molecule has 2 aliphatic rings. The second-order valence-corrected chi connectivity index (χ2v) is 3.51. The zero-order valence-electron chi connectivity index (χ0n) is 7.44. The second-order valence-electron chi connectivity index (χ2n) is 3.51. The van der Waals surface area contributed by atoms with Crippen LogP contribution in [-0.2, 0) is 0 Å². The summed E-state index contributed by atoms with van der Waals surface area (Å²) < 4.78 is 0. The number of nitrogens with zero attached hydrogens (tertiary/aromatic N) is 1. The minimum absolute atomic E-state index is 0.126. The molecule has 2 rings (SSSR count).